The molecule has 3 nitrogen and oxygen atoms in total. The van der Waals surface area contributed by atoms with Crippen molar-refractivity contribution < 1.29 is 0 Å². The number of nitrogens with two attached hydrogens (primary N) is 1. The molecule has 1 saturated heterocycles. The smallest absolute Gasteiger partial charge is 0.0607 e. The second kappa shape index (κ2) is 4.75. The maximum Gasteiger partial charge on any atom is 0.0607 e. The van der Waals surface area contributed by atoms with E-state index in [1.54, 1.807) is 0 Å². The normalized spacial score (nSPS) is 29.2. The first-order valence-corrected chi connectivity index (χ1v) is 6.76. The maximum atomic E-state index is 5.78. The van der Waals surface area contributed by atoms with Crippen LogP contribution in [-0.4, -0.2) is 29.5 Å². The van der Waals surface area contributed by atoms with Gasteiger partial charge in [0.15, 0.2) is 0 Å². The Kier molecular flexibility index (Phi) is 3.12. The first kappa shape index (κ1) is 11.2. The maximum absolute atomic E-state index is 5.78. The fraction of sp³-hybridized carbons (Fsp3) is 0.643. The van der Waals surface area contributed by atoms with Crippen LogP contribution in [-0.2, 0) is 6.42 Å². The predicted molar refractivity (Wildman–Crippen MR) is 68.7 cm³/mol. The van der Waals surface area contributed by atoms with Crippen molar-refractivity contribution >= 4 is 0 Å². The summed E-state index contributed by atoms with van der Waals surface area (Å²) >= 11 is 0. The van der Waals surface area contributed by atoms with E-state index in [2.05, 4.69) is 22.0 Å². The summed E-state index contributed by atoms with van der Waals surface area (Å²) < 4.78 is 0. The van der Waals surface area contributed by atoms with Crippen LogP contribution in [0.2, 0.25) is 0 Å². The van der Waals surface area contributed by atoms with Gasteiger partial charge in [0.1, 0.15) is 0 Å². The molecule has 0 spiro atoms. The number of aromatic nitrogens is 1. The SMILES string of the molecule is NCC1CCN(C2CCCc3cccnc32)C1. The number of aryl methyl sites for hydroxylation is 1. The molecule has 0 aromatic carbocycles. The second-order valence-electron chi connectivity index (χ2n) is 5.34. The number of fused-ring (bicyclic) bond motifs is 1. The van der Waals surface area contributed by atoms with Crippen molar-refractivity contribution in [2.75, 3.05) is 19.6 Å². The molecule has 1 aliphatic carbocycles. The van der Waals surface area contributed by atoms with Crippen molar-refractivity contribution in [1.82, 2.24) is 9.88 Å². The van der Waals surface area contributed by atoms with Crippen molar-refractivity contribution in [3.8, 4) is 0 Å². The molecule has 1 aliphatic heterocycles. The van der Waals surface area contributed by atoms with Crippen molar-refractivity contribution in [2.45, 2.75) is 31.7 Å². The van der Waals surface area contributed by atoms with Gasteiger partial charge >= 0.3 is 0 Å². The van der Waals surface area contributed by atoms with Gasteiger partial charge in [-0.25, -0.2) is 0 Å². The van der Waals surface area contributed by atoms with Crippen molar-refractivity contribution in [3.05, 3.63) is 29.6 Å². The van der Waals surface area contributed by atoms with Gasteiger partial charge in [0, 0.05) is 12.7 Å². The van der Waals surface area contributed by atoms with Crippen LogP contribution in [0.15, 0.2) is 18.3 Å². The monoisotopic (exact) mass is 231 g/mol. The minimum atomic E-state index is 0.552. The topological polar surface area (TPSA) is 42.1 Å². The Bertz CT molecular complexity index is 391. The molecule has 1 fully saturated rings. The molecule has 1 aromatic heterocycles. The van der Waals surface area contributed by atoms with Crippen LogP contribution in [0.5, 0.6) is 0 Å². The number of likely N-dealkylation sites (tertiary alicyclic amines) is 1. The molecular weight excluding hydrogens is 210 g/mol. The number of pyridine rings is 1. The van der Waals surface area contributed by atoms with Gasteiger partial charge in [-0.2, -0.15) is 0 Å². The van der Waals surface area contributed by atoms with Crippen LogP contribution >= 0.6 is 0 Å². The summed E-state index contributed by atoms with van der Waals surface area (Å²) in [5, 5.41) is 0. The molecule has 0 saturated carbocycles. The molecular formula is C14H21N3. The number of rotatable bonds is 2. The van der Waals surface area contributed by atoms with Crippen LogP contribution in [0.4, 0.5) is 0 Å². The highest BCUT2D eigenvalue weighted by atomic mass is 15.2. The van der Waals surface area contributed by atoms with Gasteiger partial charge in [-0.05, 0) is 56.3 Å². The lowest BCUT2D eigenvalue weighted by Gasteiger charge is -2.32. The Labute approximate surface area is 103 Å². The predicted octanol–water partition coefficient (Wildman–Crippen LogP) is 1.74. The standard InChI is InChI=1S/C14H21N3/c15-9-11-6-8-17(10-11)13-5-1-3-12-4-2-7-16-14(12)13/h2,4,7,11,13H,1,3,5-6,8-10,15H2. The summed E-state index contributed by atoms with van der Waals surface area (Å²) in [7, 11) is 0. The molecule has 3 heteroatoms. The van der Waals surface area contributed by atoms with Crippen molar-refractivity contribution in [2.24, 2.45) is 11.7 Å². The summed E-state index contributed by atoms with van der Waals surface area (Å²) in [4.78, 5) is 7.22. The molecule has 2 aliphatic rings. The van der Waals surface area contributed by atoms with Gasteiger partial charge in [0.25, 0.3) is 0 Å². The van der Waals surface area contributed by atoms with E-state index in [0.29, 0.717) is 12.0 Å². The lowest BCUT2D eigenvalue weighted by molar-refractivity contribution is 0.209. The van der Waals surface area contributed by atoms with Gasteiger partial charge in [-0.1, -0.05) is 6.07 Å². The Morgan fingerprint density at radius 2 is 2.35 bits per heavy atom. The van der Waals surface area contributed by atoms with Gasteiger partial charge in [0.05, 0.1) is 11.7 Å². The zero-order valence-electron chi connectivity index (χ0n) is 10.3. The quantitative estimate of drug-likeness (QED) is 0.843. The Morgan fingerprint density at radius 1 is 1.41 bits per heavy atom. The molecule has 3 rings (SSSR count). The molecule has 2 N–H and O–H groups in total. The summed E-state index contributed by atoms with van der Waals surface area (Å²) in [6.45, 7) is 3.19. The first-order chi connectivity index (χ1) is 8.38. The average Bonchev–Trinajstić information content (AvgIpc) is 2.87. The Morgan fingerprint density at radius 3 is 3.18 bits per heavy atom. The third kappa shape index (κ3) is 2.09. The fourth-order valence-electron chi connectivity index (χ4n) is 3.28. The largest absolute Gasteiger partial charge is 0.330 e. The second-order valence-corrected chi connectivity index (χ2v) is 5.34. The first-order valence-electron chi connectivity index (χ1n) is 6.76. The van der Waals surface area contributed by atoms with E-state index in [-0.39, 0.29) is 0 Å². The van der Waals surface area contributed by atoms with Gasteiger partial charge in [-0.15, -0.1) is 0 Å². The molecule has 1 aromatic rings. The molecule has 0 bridgehead atoms. The number of hydrogen-bond acceptors (Lipinski definition) is 3. The van der Waals surface area contributed by atoms with E-state index in [4.69, 9.17) is 5.73 Å². The molecule has 17 heavy (non-hydrogen) atoms. The fourth-order valence-corrected chi connectivity index (χ4v) is 3.28. The molecule has 2 atom stereocenters. The number of nitrogens with zero attached hydrogens (tertiary/aromatic N) is 2. The van der Waals surface area contributed by atoms with Crippen LogP contribution < -0.4 is 5.73 Å². The lowest BCUT2D eigenvalue weighted by Crippen LogP contribution is -2.31. The molecule has 0 radical (unpaired) electrons. The highest BCUT2D eigenvalue weighted by Gasteiger charge is 2.31. The molecule has 2 unspecified atom stereocenters. The van der Waals surface area contributed by atoms with E-state index in [0.717, 1.165) is 13.1 Å². The Hall–Kier alpha value is -0.930. The van der Waals surface area contributed by atoms with E-state index < -0.39 is 0 Å². The average molecular weight is 231 g/mol. The zero-order valence-corrected chi connectivity index (χ0v) is 10.3. The van der Waals surface area contributed by atoms with Crippen LogP contribution in [0, 0.1) is 5.92 Å². The summed E-state index contributed by atoms with van der Waals surface area (Å²) in [6, 6.07) is 4.86. The molecule has 92 valence electrons. The van der Waals surface area contributed by atoms with E-state index in [9.17, 15) is 0 Å². The van der Waals surface area contributed by atoms with E-state index >= 15 is 0 Å². The minimum Gasteiger partial charge on any atom is -0.330 e. The van der Waals surface area contributed by atoms with Gasteiger partial charge in [-0.3, -0.25) is 9.88 Å². The lowest BCUT2D eigenvalue weighted by atomic mass is 9.91. The highest BCUT2D eigenvalue weighted by Crippen LogP contribution is 2.35. The summed E-state index contributed by atoms with van der Waals surface area (Å²) in [5.41, 5.74) is 8.57. The third-order valence-corrected chi connectivity index (χ3v) is 4.26. The Balaban J connectivity index is 1.81. The molecule has 2 heterocycles. The van der Waals surface area contributed by atoms with Crippen LogP contribution in [0.25, 0.3) is 0 Å². The minimum absolute atomic E-state index is 0.552. The third-order valence-electron chi connectivity index (χ3n) is 4.26. The van der Waals surface area contributed by atoms with E-state index in [1.807, 2.05) is 6.20 Å². The summed E-state index contributed by atoms with van der Waals surface area (Å²) in [5.74, 6) is 0.698. The number of hydrogen-bond donors (Lipinski definition) is 1. The highest BCUT2D eigenvalue weighted by molar-refractivity contribution is 5.25. The van der Waals surface area contributed by atoms with Gasteiger partial charge < -0.3 is 5.73 Å². The molecule has 0 amide bonds. The van der Waals surface area contributed by atoms with E-state index in [1.165, 1.54) is 43.5 Å². The summed E-state index contributed by atoms with van der Waals surface area (Å²) in [6.07, 6.45) is 6.96. The van der Waals surface area contributed by atoms with Gasteiger partial charge in [0.2, 0.25) is 0 Å². The van der Waals surface area contributed by atoms with Crippen LogP contribution in [0.3, 0.4) is 0 Å². The van der Waals surface area contributed by atoms with Crippen molar-refractivity contribution in [3.63, 3.8) is 0 Å². The van der Waals surface area contributed by atoms with Crippen molar-refractivity contribution in [1.29, 1.82) is 0 Å². The zero-order chi connectivity index (χ0) is 11.7. The van der Waals surface area contributed by atoms with Crippen LogP contribution in [0.1, 0.15) is 36.6 Å².